The zero-order valence-electron chi connectivity index (χ0n) is 10.8. The van der Waals surface area contributed by atoms with E-state index in [1.165, 1.54) is 6.42 Å². The molecule has 92 valence electrons. The van der Waals surface area contributed by atoms with Crippen molar-refractivity contribution in [2.24, 2.45) is 5.41 Å². The van der Waals surface area contributed by atoms with Crippen LogP contribution >= 0.6 is 0 Å². The number of ether oxygens (including phenoxy) is 2. The molecule has 0 aromatic carbocycles. The summed E-state index contributed by atoms with van der Waals surface area (Å²) in [5, 5.41) is 3.37. The van der Waals surface area contributed by atoms with Crippen LogP contribution in [0.4, 0.5) is 0 Å². The first kappa shape index (κ1) is 14.9. The standard InChI is InChI=1S/C12H27NO2/c1-5-14-10-11-15-9-8-13-7-6-12(2,3)4/h13H,5-11H2,1-4H3. The van der Waals surface area contributed by atoms with Crippen LogP contribution in [-0.4, -0.2) is 39.5 Å². The molecule has 1 N–H and O–H groups in total. The Hall–Kier alpha value is -0.120. The van der Waals surface area contributed by atoms with Crippen LogP contribution in [0, 0.1) is 5.41 Å². The van der Waals surface area contributed by atoms with E-state index < -0.39 is 0 Å². The molecule has 0 unspecified atom stereocenters. The molecule has 0 aliphatic carbocycles. The van der Waals surface area contributed by atoms with Gasteiger partial charge in [0, 0.05) is 13.2 Å². The Labute approximate surface area is 94.5 Å². The Bertz CT molecular complexity index is 132. The average molecular weight is 217 g/mol. The molecule has 0 atom stereocenters. The normalized spacial score (nSPS) is 12.0. The van der Waals surface area contributed by atoms with Crippen molar-refractivity contribution in [3.8, 4) is 0 Å². The Balaban J connectivity index is 2.99. The summed E-state index contributed by atoms with van der Waals surface area (Å²) in [4.78, 5) is 0. The van der Waals surface area contributed by atoms with Crippen LogP contribution in [0.3, 0.4) is 0 Å². The van der Waals surface area contributed by atoms with Gasteiger partial charge in [0.1, 0.15) is 0 Å². The SMILES string of the molecule is CCOCCOCCNCCC(C)(C)C. The first-order valence-corrected chi connectivity index (χ1v) is 5.92. The molecule has 0 rings (SSSR count). The molecular formula is C12H27NO2. The van der Waals surface area contributed by atoms with Gasteiger partial charge in [0.2, 0.25) is 0 Å². The van der Waals surface area contributed by atoms with Gasteiger partial charge in [0.15, 0.2) is 0 Å². The third kappa shape index (κ3) is 13.9. The summed E-state index contributed by atoms with van der Waals surface area (Å²) in [5.74, 6) is 0. The molecule has 0 amide bonds. The molecule has 0 fully saturated rings. The van der Waals surface area contributed by atoms with Crippen LogP contribution in [-0.2, 0) is 9.47 Å². The molecular weight excluding hydrogens is 190 g/mol. The maximum absolute atomic E-state index is 5.38. The summed E-state index contributed by atoms with van der Waals surface area (Å²) < 4.78 is 10.5. The lowest BCUT2D eigenvalue weighted by molar-refractivity contribution is 0.0539. The van der Waals surface area contributed by atoms with E-state index in [1.54, 1.807) is 0 Å². The van der Waals surface area contributed by atoms with Gasteiger partial charge in [0.25, 0.3) is 0 Å². The predicted molar refractivity (Wildman–Crippen MR) is 64.3 cm³/mol. The second kappa shape index (κ2) is 9.13. The van der Waals surface area contributed by atoms with E-state index in [2.05, 4.69) is 26.1 Å². The smallest absolute Gasteiger partial charge is 0.0701 e. The lowest BCUT2D eigenvalue weighted by atomic mass is 9.92. The van der Waals surface area contributed by atoms with Crippen molar-refractivity contribution in [2.45, 2.75) is 34.1 Å². The fourth-order valence-electron chi connectivity index (χ4n) is 1.10. The zero-order valence-corrected chi connectivity index (χ0v) is 10.8. The van der Waals surface area contributed by atoms with Crippen molar-refractivity contribution < 1.29 is 9.47 Å². The van der Waals surface area contributed by atoms with Crippen molar-refractivity contribution in [3.05, 3.63) is 0 Å². The van der Waals surface area contributed by atoms with Crippen molar-refractivity contribution in [3.63, 3.8) is 0 Å². The van der Waals surface area contributed by atoms with Gasteiger partial charge in [-0.1, -0.05) is 20.8 Å². The summed E-state index contributed by atoms with van der Waals surface area (Å²) in [5.41, 5.74) is 0.419. The van der Waals surface area contributed by atoms with Crippen LogP contribution in [0.25, 0.3) is 0 Å². The maximum atomic E-state index is 5.38. The summed E-state index contributed by atoms with van der Waals surface area (Å²) in [6, 6.07) is 0. The van der Waals surface area contributed by atoms with Gasteiger partial charge in [-0.25, -0.2) is 0 Å². The van der Waals surface area contributed by atoms with Crippen molar-refractivity contribution >= 4 is 0 Å². The molecule has 0 saturated heterocycles. The summed E-state index contributed by atoms with van der Waals surface area (Å²) in [6.45, 7) is 13.7. The van der Waals surface area contributed by atoms with Crippen LogP contribution in [0.15, 0.2) is 0 Å². The number of hydrogen-bond acceptors (Lipinski definition) is 3. The fourth-order valence-corrected chi connectivity index (χ4v) is 1.10. The lowest BCUT2D eigenvalue weighted by Gasteiger charge is -2.18. The highest BCUT2D eigenvalue weighted by Crippen LogP contribution is 2.16. The molecule has 0 aromatic heterocycles. The van der Waals surface area contributed by atoms with Crippen LogP contribution in [0.2, 0.25) is 0 Å². The van der Waals surface area contributed by atoms with Gasteiger partial charge in [0.05, 0.1) is 19.8 Å². The topological polar surface area (TPSA) is 30.5 Å². The fraction of sp³-hybridized carbons (Fsp3) is 1.00. The van der Waals surface area contributed by atoms with Gasteiger partial charge in [-0.15, -0.1) is 0 Å². The molecule has 0 saturated carbocycles. The number of rotatable bonds is 9. The van der Waals surface area contributed by atoms with Gasteiger partial charge in [-0.2, -0.15) is 0 Å². The lowest BCUT2D eigenvalue weighted by Crippen LogP contribution is -2.24. The average Bonchev–Trinajstić information content (AvgIpc) is 2.14. The van der Waals surface area contributed by atoms with E-state index >= 15 is 0 Å². The zero-order chi connectivity index (χ0) is 11.6. The molecule has 0 aromatic rings. The molecule has 3 nitrogen and oxygen atoms in total. The van der Waals surface area contributed by atoms with E-state index in [1.807, 2.05) is 6.92 Å². The molecule has 0 bridgehead atoms. The van der Waals surface area contributed by atoms with E-state index in [0.717, 1.165) is 26.3 Å². The van der Waals surface area contributed by atoms with Crippen LogP contribution in [0.5, 0.6) is 0 Å². The van der Waals surface area contributed by atoms with E-state index in [-0.39, 0.29) is 0 Å². The Morgan fingerprint density at radius 1 is 0.933 bits per heavy atom. The van der Waals surface area contributed by atoms with Crippen molar-refractivity contribution in [2.75, 3.05) is 39.5 Å². The highest BCUT2D eigenvalue weighted by molar-refractivity contribution is 4.62. The van der Waals surface area contributed by atoms with Gasteiger partial charge >= 0.3 is 0 Å². The van der Waals surface area contributed by atoms with E-state index in [9.17, 15) is 0 Å². The Morgan fingerprint density at radius 3 is 2.20 bits per heavy atom. The Kier molecular flexibility index (Phi) is 9.06. The summed E-state index contributed by atoms with van der Waals surface area (Å²) >= 11 is 0. The first-order valence-electron chi connectivity index (χ1n) is 5.92. The minimum atomic E-state index is 0.419. The monoisotopic (exact) mass is 217 g/mol. The summed E-state index contributed by atoms with van der Waals surface area (Å²) in [7, 11) is 0. The van der Waals surface area contributed by atoms with Crippen molar-refractivity contribution in [1.82, 2.24) is 5.32 Å². The molecule has 0 spiro atoms. The molecule has 0 aliphatic heterocycles. The summed E-state index contributed by atoms with van der Waals surface area (Å²) in [6.07, 6.45) is 1.20. The molecule has 0 aliphatic rings. The van der Waals surface area contributed by atoms with E-state index in [0.29, 0.717) is 18.6 Å². The number of nitrogens with one attached hydrogen (secondary N) is 1. The predicted octanol–water partition coefficient (Wildman–Crippen LogP) is 2.07. The third-order valence-electron chi connectivity index (χ3n) is 2.05. The van der Waals surface area contributed by atoms with Gasteiger partial charge < -0.3 is 14.8 Å². The second-order valence-corrected chi connectivity index (χ2v) is 4.87. The minimum Gasteiger partial charge on any atom is -0.379 e. The third-order valence-corrected chi connectivity index (χ3v) is 2.05. The van der Waals surface area contributed by atoms with Crippen LogP contribution in [0.1, 0.15) is 34.1 Å². The molecule has 3 heteroatoms. The molecule has 0 heterocycles. The first-order chi connectivity index (χ1) is 7.06. The van der Waals surface area contributed by atoms with Crippen molar-refractivity contribution in [1.29, 1.82) is 0 Å². The van der Waals surface area contributed by atoms with Gasteiger partial charge in [-0.05, 0) is 25.3 Å². The molecule has 15 heavy (non-hydrogen) atoms. The second-order valence-electron chi connectivity index (χ2n) is 4.87. The van der Waals surface area contributed by atoms with E-state index in [4.69, 9.17) is 9.47 Å². The highest BCUT2D eigenvalue weighted by Gasteiger charge is 2.08. The minimum absolute atomic E-state index is 0.419. The largest absolute Gasteiger partial charge is 0.379 e. The van der Waals surface area contributed by atoms with Crippen LogP contribution < -0.4 is 5.32 Å². The quantitative estimate of drug-likeness (QED) is 0.600. The maximum Gasteiger partial charge on any atom is 0.0701 e. The Morgan fingerprint density at radius 2 is 1.60 bits per heavy atom. The number of hydrogen-bond donors (Lipinski definition) is 1. The van der Waals surface area contributed by atoms with Gasteiger partial charge in [-0.3, -0.25) is 0 Å². The highest BCUT2D eigenvalue weighted by atomic mass is 16.5. The molecule has 0 radical (unpaired) electrons.